The molecule has 8 heterocycles. The van der Waals surface area contributed by atoms with E-state index < -0.39 is 0 Å². The number of nitrogens with zero attached hydrogens (tertiary/aromatic N) is 4. The van der Waals surface area contributed by atoms with Crippen molar-refractivity contribution < 1.29 is 66.4 Å². The fourth-order valence-corrected chi connectivity index (χ4v) is 17.8. The summed E-state index contributed by atoms with van der Waals surface area (Å²) in [6, 6.07) is 67.3. The normalized spacial score (nSPS) is 19.0. The molecule has 6 atom stereocenters. The number of benzene rings is 9. The first-order valence-electron chi connectivity index (χ1n) is 44.4. The molecule has 17 rings (SSSR count). The van der Waals surface area contributed by atoms with Gasteiger partial charge in [-0.2, -0.15) is 0 Å². The van der Waals surface area contributed by atoms with Crippen molar-refractivity contribution in [3.63, 3.8) is 0 Å². The lowest BCUT2D eigenvalue weighted by atomic mass is 9.87. The van der Waals surface area contributed by atoms with Crippen molar-refractivity contribution >= 4 is 45.5 Å². The Labute approximate surface area is 730 Å². The van der Waals surface area contributed by atoms with Gasteiger partial charge in [-0.25, -0.2) is 0 Å². The number of fused-ring (bicyclic) bond motifs is 5. The number of nitrogens with two attached hydrogens (primary N) is 1. The highest BCUT2D eigenvalue weighted by Gasteiger charge is 2.32. The van der Waals surface area contributed by atoms with Gasteiger partial charge in [-0.15, -0.1) is 0 Å². The van der Waals surface area contributed by atoms with Crippen LogP contribution in [0.2, 0.25) is 0 Å². The van der Waals surface area contributed by atoms with E-state index in [9.17, 15) is 9.59 Å². The molecule has 7 aliphatic rings. The van der Waals surface area contributed by atoms with E-state index in [1.165, 1.54) is 33.3 Å². The van der Waals surface area contributed by atoms with Crippen LogP contribution in [0.25, 0.3) is 10.9 Å². The third-order valence-electron chi connectivity index (χ3n) is 24.5. The molecule has 3 saturated heterocycles. The van der Waals surface area contributed by atoms with Gasteiger partial charge in [0.2, 0.25) is 11.8 Å². The van der Waals surface area contributed by atoms with Gasteiger partial charge >= 0.3 is 0 Å². The van der Waals surface area contributed by atoms with Gasteiger partial charge in [0, 0.05) is 134 Å². The standard InChI is InChI=1S/C34H41N3O5.C34H41N3O4.C33H41N3O5/c1-39-18-3-16-37-17-19-40-32-12-8-25(20-30(32)37)23-42-33-21-35-15-14-27(33)26-9-6-24(7-10-26)22-41-31-5-2-4-29-28(31)11-13-34(38)36-29;1-36-17-14-29-30(36)5-3-6-32(29)40-23-25-7-10-27(11-8-25)28-13-15-35-22-34(28)41-24-26-9-12-33-31(21-26)37(18-20-39-33)16-4-19-38-2;1-38-16-3-14-36-15-17-39-31-11-8-26(19-30(31)36)23-41-32-21-35-13-12-29(32)27-9-6-24(7-10-27)22-40-28-5-2-4-25(18-28)20-33(34)37/h2,4-10,12,20,27,33,35H,3,11,13-19,21-23H2,1H3,(H,36,38);3,5-12,14,17,21,28,34-35H,4,13,15-16,18-20,22-24H2,1-2H3;2,4-11,18-19,29,32,35H,3,12-17,20-23H2,1H3,(H2,34,37)/t27-,33+;28-,34+;29-,32+/m111/s1. The Kier molecular flexibility index (Phi) is 31.8. The van der Waals surface area contributed by atoms with E-state index >= 15 is 0 Å². The quantitative estimate of drug-likeness (QED) is 0.0232. The molecular weight excluding hydrogens is 1560 g/mol. The SMILES string of the molecule is COCCCN1CCOc2ccc(CO[C@H]3CNCC[C@@H]3c3ccc(COc4cccc(CC(N)=O)c4)cc3)cc21.COCCCN1CCOc2ccc(CO[C@H]3CNCC[C@@H]3c3ccc(COc4cccc5c4CCC(=O)N5)cc3)cc21.COCCCN1CCOc2ccc(CO[C@H]3CNCC[C@@H]3c3ccc(COc4cccc5c4ccn5C)cc3)cc21. The van der Waals surface area contributed by atoms with Crippen molar-refractivity contribution in [3.05, 3.63) is 262 Å². The molecular formula is C101H123N9O14. The van der Waals surface area contributed by atoms with Crippen LogP contribution in [0.5, 0.6) is 34.5 Å². The van der Waals surface area contributed by atoms with E-state index in [2.05, 4.69) is 199 Å². The minimum Gasteiger partial charge on any atom is -0.490 e. The van der Waals surface area contributed by atoms with Crippen LogP contribution in [-0.4, -0.2) is 174 Å². The molecule has 23 nitrogen and oxygen atoms in total. The number of nitrogens with one attached hydrogen (secondary N) is 4. The number of aromatic nitrogens is 1. The molecule has 2 amide bonds. The van der Waals surface area contributed by atoms with E-state index in [0.29, 0.717) is 83.5 Å². The number of aryl methyl sites for hydroxylation is 1. The number of rotatable bonds is 35. The van der Waals surface area contributed by atoms with Crippen LogP contribution in [-0.2, 0) is 97.5 Å². The fourth-order valence-electron chi connectivity index (χ4n) is 17.8. The Balaban J connectivity index is 0.000000144. The summed E-state index contributed by atoms with van der Waals surface area (Å²) >= 11 is 0. The van der Waals surface area contributed by atoms with Crippen molar-refractivity contribution in [1.29, 1.82) is 0 Å². The van der Waals surface area contributed by atoms with E-state index in [-0.39, 0.29) is 36.5 Å². The highest BCUT2D eigenvalue weighted by Crippen LogP contribution is 2.40. The minimum atomic E-state index is -0.351. The zero-order chi connectivity index (χ0) is 85.2. The lowest BCUT2D eigenvalue weighted by Crippen LogP contribution is -2.41. The highest BCUT2D eigenvalue weighted by molar-refractivity contribution is 5.94. The Bertz CT molecular complexity index is 5070. The molecule has 3 fully saturated rings. The summed E-state index contributed by atoms with van der Waals surface area (Å²) in [5.41, 5.74) is 23.5. The number of carbonyl (C=O) groups excluding carboxylic acids is 2. The molecule has 9 aromatic carbocycles. The number of primary amides is 1. The van der Waals surface area contributed by atoms with Crippen LogP contribution in [0.3, 0.4) is 0 Å². The number of methoxy groups -OCH3 is 3. The second-order valence-corrected chi connectivity index (χ2v) is 33.1. The molecule has 0 bridgehead atoms. The molecule has 124 heavy (non-hydrogen) atoms. The predicted molar refractivity (Wildman–Crippen MR) is 486 cm³/mol. The first-order valence-corrected chi connectivity index (χ1v) is 44.4. The van der Waals surface area contributed by atoms with Gasteiger partial charge in [0.25, 0.3) is 0 Å². The lowest BCUT2D eigenvalue weighted by Gasteiger charge is -2.33. The second kappa shape index (κ2) is 44.8. The average molecular weight is 1690 g/mol. The second-order valence-electron chi connectivity index (χ2n) is 33.1. The zero-order valence-corrected chi connectivity index (χ0v) is 72.4. The largest absolute Gasteiger partial charge is 0.490 e. The molecule has 23 heteroatoms. The molecule has 0 unspecified atom stereocenters. The van der Waals surface area contributed by atoms with E-state index in [0.717, 1.165) is 240 Å². The van der Waals surface area contributed by atoms with Crippen molar-refractivity contribution in [2.45, 2.75) is 133 Å². The highest BCUT2D eigenvalue weighted by atomic mass is 16.5. The molecule has 0 radical (unpaired) electrons. The number of hydrogen-bond acceptors (Lipinski definition) is 20. The van der Waals surface area contributed by atoms with E-state index in [1.807, 2.05) is 48.5 Å². The molecule has 656 valence electrons. The molecule has 6 N–H and O–H groups in total. The molecule has 10 aromatic rings. The molecule has 0 aliphatic carbocycles. The van der Waals surface area contributed by atoms with Crippen LogP contribution in [0.1, 0.15) is 124 Å². The van der Waals surface area contributed by atoms with Crippen LogP contribution in [0.4, 0.5) is 22.7 Å². The fraction of sp³-hybridized carbons (Fsp3) is 0.426. The number of hydrogen-bond donors (Lipinski definition) is 5. The van der Waals surface area contributed by atoms with Crippen molar-refractivity contribution in [2.24, 2.45) is 12.8 Å². The Hall–Kier alpha value is -10.7. The maximum Gasteiger partial charge on any atom is 0.224 e. The number of amides is 2. The van der Waals surface area contributed by atoms with Gasteiger partial charge in [0.1, 0.15) is 74.1 Å². The number of carbonyl (C=O) groups is 2. The van der Waals surface area contributed by atoms with Gasteiger partial charge < -0.3 is 103 Å². The Morgan fingerprint density at radius 1 is 0.444 bits per heavy atom. The number of anilines is 4. The first-order chi connectivity index (χ1) is 61.0. The van der Waals surface area contributed by atoms with Gasteiger partial charge in [-0.1, -0.05) is 115 Å². The maximum absolute atomic E-state index is 11.7. The van der Waals surface area contributed by atoms with Crippen LogP contribution >= 0.6 is 0 Å². The Morgan fingerprint density at radius 2 is 0.863 bits per heavy atom. The smallest absolute Gasteiger partial charge is 0.224 e. The number of ether oxygens (including phenoxy) is 12. The van der Waals surface area contributed by atoms with E-state index in [4.69, 9.17) is 62.6 Å². The maximum atomic E-state index is 11.7. The van der Waals surface area contributed by atoms with Gasteiger partial charge in [-0.05, 0) is 199 Å². The molecule has 0 saturated carbocycles. The third kappa shape index (κ3) is 23.8. The van der Waals surface area contributed by atoms with Crippen LogP contribution in [0, 0.1) is 0 Å². The van der Waals surface area contributed by atoms with Crippen molar-refractivity contribution in [2.75, 3.05) is 160 Å². The first kappa shape index (κ1) is 88.2. The minimum absolute atomic E-state index is 0.0630. The average Bonchev–Trinajstić information content (AvgIpc) is 1.77. The Morgan fingerprint density at radius 3 is 1.31 bits per heavy atom. The molecule has 0 spiro atoms. The topological polar surface area (TPSA) is 234 Å². The van der Waals surface area contributed by atoms with Gasteiger partial charge in [0.15, 0.2) is 0 Å². The van der Waals surface area contributed by atoms with Crippen molar-refractivity contribution in [3.8, 4) is 34.5 Å². The van der Waals surface area contributed by atoms with E-state index in [1.54, 1.807) is 21.3 Å². The predicted octanol–water partition coefficient (Wildman–Crippen LogP) is 14.9. The zero-order valence-electron chi connectivity index (χ0n) is 72.4. The molecule has 7 aliphatic heterocycles. The number of piperidine rings is 3. The summed E-state index contributed by atoms with van der Waals surface area (Å²) in [5.74, 6) is 6.06. The van der Waals surface area contributed by atoms with Crippen LogP contribution in [0.15, 0.2) is 200 Å². The van der Waals surface area contributed by atoms with Crippen LogP contribution < -0.4 is 70.1 Å². The lowest BCUT2D eigenvalue weighted by molar-refractivity contribution is -0.117. The van der Waals surface area contributed by atoms with Crippen molar-refractivity contribution in [1.82, 2.24) is 20.5 Å². The van der Waals surface area contributed by atoms with Gasteiger partial charge in [-0.3, -0.25) is 9.59 Å². The summed E-state index contributed by atoms with van der Waals surface area (Å²) in [7, 11) is 7.31. The summed E-state index contributed by atoms with van der Waals surface area (Å²) in [5, 5.41) is 14.7. The monoisotopic (exact) mass is 1690 g/mol. The molecule has 1 aromatic heterocycles. The summed E-state index contributed by atoms with van der Waals surface area (Å²) in [6.45, 7) is 18.7. The summed E-state index contributed by atoms with van der Waals surface area (Å²) in [6.07, 6.45) is 9.88. The summed E-state index contributed by atoms with van der Waals surface area (Å²) < 4.78 is 73.7. The third-order valence-corrected chi connectivity index (χ3v) is 24.5. The van der Waals surface area contributed by atoms with Gasteiger partial charge in [0.05, 0.1) is 86.8 Å². The summed E-state index contributed by atoms with van der Waals surface area (Å²) in [4.78, 5) is 30.1.